The van der Waals surface area contributed by atoms with Crippen molar-refractivity contribution in [2.75, 3.05) is 19.6 Å². The van der Waals surface area contributed by atoms with E-state index in [4.69, 9.17) is 0 Å². The molecule has 0 aromatic heterocycles. The van der Waals surface area contributed by atoms with Crippen molar-refractivity contribution in [1.82, 2.24) is 4.90 Å². The van der Waals surface area contributed by atoms with E-state index in [0.717, 1.165) is 5.92 Å². The molecule has 0 saturated carbocycles. The molecular formula is C7H13NS. The average molecular weight is 143 g/mol. The third-order valence-electron chi connectivity index (χ3n) is 2.62. The molecule has 3 heterocycles. The summed E-state index contributed by atoms with van der Waals surface area (Å²) in [6.07, 6.45) is 2.79. The Hall–Kier alpha value is 0.310. The minimum atomic E-state index is 0.688. The zero-order chi connectivity index (χ0) is 6.27. The van der Waals surface area contributed by atoms with Crippen LogP contribution in [0.1, 0.15) is 12.8 Å². The fourth-order valence-corrected chi connectivity index (χ4v) is 2.46. The fraction of sp³-hybridized carbons (Fsp3) is 1.00. The smallest absolute Gasteiger partial charge is 0.0173 e. The number of nitrogens with zero attached hydrogens (tertiary/aromatic N) is 1. The minimum absolute atomic E-state index is 0.688. The Labute approximate surface area is 61.8 Å². The molecule has 9 heavy (non-hydrogen) atoms. The summed E-state index contributed by atoms with van der Waals surface area (Å²) in [5, 5.41) is 0.688. The maximum Gasteiger partial charge on any atom is 0.0173 e. The van der Waals surface area contributed by atoms with Crippen LogP contribution in [0.4, 0.5) is 0 Å². The van der Waals surface area contributed by atoms with Gasteiger partial charge in [-0.3, -0.25) is 0 Å². The first kappa shape index (κ1) is 6.05. The molecule has 0 amide bonds. The molecule has 0 radical (unpaired) electrons. The number of fused-ring (bicyclic) bond motifs is 3. The van der Waals surface area contributed by atoms with Gasteiger partial charge >= 0.3 is 0 Å². The van der Waals surface area contributed by atoms with Crippen LogP contribution in [0.15, 0.2) is 0 Å². The summed E-state index contributed by atoms with van der Waals surface area (Å²) in [6.45, 7) is 3.91. The number of thiol groups is 1. The monoisotopic (exact) mass is 143 g/mol. The van der Waals surface area contributed by atoms with Crippen molar-refractivity contribution in [1.29, 1.82) is 0 Å². The van der Waals surface area contributed by atoms with Gasteiger partial charge in [0.15, 0.2) is 0 Å². The maximum absolute atomic E-state index is 4.53. The summed E-state index contributed by atoms with van der Waals surface area (Å²) in [6, 6.07) is 0. The van der Waals surface area contributed by atoms with Gasteiger partial charge in [-0.2, -0.15) is 12.6 Å². The number of hydrogen-bond donors (Lipinski definition) is 1. The van der Waals surface area contributed by atoms with Crippen molar-refractivity contribution in [3.8, 4) is 0 Å². The zero-order valence-corrected chi connectivity index (χ0v) is 6.48. The van der Waals surface area contributed by atoms with Gasteiger partial charge < -0.3 is 4.90 Å². The van der Waals surface area contributed by atoms with Crippen molar-refractivity contribution in [2.24, 2.45) is 5.92 Å². The van der Waals surface area contributed by atoms with Crippen molar-refractivity contribution in [2.45, 2.75) is 18.1 Å². The second kappa shape index (κ2) is 2.17. The van der Waals surface area contributed by atoms with E-state index in [1.165, 1.54) is 32.5 Å². The number of piperidine rings is 3. The standard InChI is InChI=1S/C7H13NS/c9-7-5-8-3-1-6(7)2-4-8/h6-7,9H,1-5H2/t7-/m0/s1. The third-order valence-corrected chi connectivity index (χ3v) is 3.21. The lowest BCUT2D eigenvalue weighted by Gasteiger charge is -2.42. The van der Waals surface area contributed by atoms with Gasteiger partial charge in [0, 0.05) is 11.8 Å². The van der Waals surface area contributed by atoms with Gasteiger partial charge in [0.1, 0.15) is 0 Å². The van der Waals surface area contributed by atoms with E-state index < -0.39 is 0 Å². The van der Waals surface area contributed by atoms with Gasteiger partial charge in [0.25, 0.3) is 0 Å². The van der Waals surface area contributed by atoms with Crippen LogP contribution in [-0.4, -0.2) is 29.8 Å². The summed E-state index contributed by atoms with van der Waals surface area (Å²) >= 11 is 4.53. The molecule has 0 N–H and O–H groups in total. The highest BCUT2D eigenvalue weighted by Gasteiger charge is 2.31. The summed E-state index contributed by atoms with van der Waals surface area (Å²) in [7, 11) is 0. The highest BCUT2D eigenvalue weighted by Crippen LogP contribution is 2.30. The Balaban J connectivity index is 2.06. The van der Waals surface area contributed by atoms with Gasteiger partial charge in [-0.15, -0.1) is 0 Å². The van der Waals surface area contributed by atoms with Gasteiger partial charge in [-0.25, -0.2) is 0 Å². The van der Waals surface area contributed by atoms with E-state index >= 15 is 0 Å². The normalized spacial score (nSPS) is 49.7. The molecule has 3 aliphatic rings. The summed E-state index contributed by atoms with van der Waals surface area (Å²) in [5.74, 6) is 0.943. The van der Waals surface area contributed by atoms with E-state index in [-0.39, 0.29) is 0 Å². The molecule has 2 bridgehead atoms. The Morgan fingerprint density at radius 1 is 1.22 bits per heavy atom. The van der Waals surface area contributed by atoms with Crippen LogP contribution >= 0.6 is 12.6 Å². The first-order chi connectivity index (χ1) is 4.36. The molecule has 52 valence electrons. The lowest BCUT2D eigenvalue weighted by Crippen LogP contribution is -2.48. The maximum atomic E-state index is 4.53. The van der Waals surface area contributed by atoms with Crippen molar-refractivity contribution >= 4 is 12.6 Å². The Kier molecular flexibility index (Phi) is 1.46. The van der Waals surface area contributed by atoms with Crippen LogP contribution < -0.4 is 0 Å². The summed E-state index contributed by atoms with van der Waals surface area (Å²) in [4.78, 5) is 2.53. The van der Waals surface area contributed by atoms with Crippen LogP contribution in [0, 0.1) is 5.92 Å². The number of rotatable bonds is 0. The van der Waals surface area contributed by atoms with E-state index in [9.17, 15) is 0 Å². The third kappa shape index (κ3) is 0.987. The molecule has 0 aliphatic carbocycles. The van der Waals surface area contributed by atoms with E-state index in [2.05, 4.69) is 17.5 Å². The SMILES string of the molecule is S[C@H]1CN2CCC1CC2. The summed E-state index contributed by atoms with van der Waals surface area (Å²) in [5.41, 5.74) is 0. The van der Waals surface area contributed by atoms with Crippen LogP contribution in [0.25, 0.3) is 0 Å². The van der Waals surface area contributed by atoms with Gasteiger partial charge in [-0.1, -0.05) is 0 Å². The predicted molar refractivity (Wildman–Crippen MR) is 41.9 cm³/mol. The van der Waals surface area contributed by atoms with Gasteiger partial charge in [0.05, 0.1) is 0 Å². The minimum Gasteiger partial charge on any atom is -0.302 e. The Bertz CT molecular complexity index is 107. The second-order valence-electron chi connectivity index (χ2n) is 3.21. The molecule has 1 atom stereocenters. The Morgan fingerprint density at radius 2 is 1.89 bits per heavy atom. The molecule has 3 fully saturated rings. The first-order valence-electron chi connectivity index (χ1n) is 3.76. The molecule has 0 aromatic carbocycles. The molecule has 3 rings (SSSR count). The first-order valence-corrected chi connectivity index (χ1v) is 4.28. The van der Waals surface area contributed by atoms with Crippen LogP contribution in [0.3, 0.4) is 0 Å². The largest absolute Gasteiger partial charge is 0.302 e. The molecule has 3 aliphatic heterocycles. The van der Waals surface area contributed by atoms with Crippen LogP contribution in [0.2, 0.25) is 0 Å². The molecule has 2 heteroatoms. The van der Waals surface area contributed by atoms with Crippen molar-refractivity contribution in [3.63, 3.8) is 0 Å². The van der Waals surface area contributed by atoms with Gasteiger partial charge in [-0.05, 0) is 31.8 Å². The number of hydrogen-bond acceptors (Lipinski definition) is 2. The summed E-state index contributed by atoms with van der Waals surface area (Å²) < 4.78 is 0. The topological polar surface area (TPSA) is 3.24 Å². The molecular weight excluding hydrogens is 130 g/mol. The van der Waals surface area contributed by atoms with E-state index in [0.29, 0.717) is 5.25 Å². The average Bonchev–Trinajstić information content (AvgIpc) is 1.90. The van der Waals surface area contributed by atoms with Crippen molar-refractivity contribution in [3.05, 3.63) is 0 Å². The molecule has 1 nitrogen and oxygen atoms in total. The predicted octanol–water partition coefficient (Wildman–Crippen LogP) is 1.01. The fourth-order valence-electron chi connectivity index (χ4n) is 1.93. The highest BCUT2D eigenvalue weighted by atomic mass is 32.1. The quantitative estimate of drug-likeness (QED) is 0.495. The Morgan fingerprint density at radius 3 is 2.11 bits per heavy atom. The van der Waals surface area contributed by atoms with Gasteiger partial charge in [0.2, 0.25) is 0 Å². The van der Waals surface area contributed by atoms with E-state index in [1.54, 1.807) is 0 Å². The van der Waals surface area contributed by atoms with Crippen molar-refractivity contribution < 1.29 is 0 Å². The lowest BCUT2D eigenvalue weighted by atomic mass is 9.88. The van der Waals surface area contributed by atoms with Crippen LogP contribution in [0.5, 0.6) is 0 Å². The zero-order valence-electron chi connectivity index (χ0n) is 5.58. The molecule has 0 aromatic rings. The van der Waals surface area contributed by atoms with E-state index in [1.807, 2.05) is 0 Å². The molecule has 3 saturated heterocycles. The molecule has 0 spiro atoms. The highest BCUT2D eigenvalue weighted by molar-refractivity contribution is 7.81. The second-order valence-corrected chi connectivity index (χ2v) is 3.87. The van der Waals surface area contributed by atoms with Crippen LogP contribution in [-0.2, 0) is 0 Å². The lowest BCUT2D eigenvalue weighted by molar-refractivity contribution is 0.119. The molecule has 0 unspecified atom stereocenters.